The molecule has 0 spiro atoms. The fraction of sp³-hybridized carbons (Fsp3) is 0.471. The molecule has 24 heavy (non-hydrogen) atoms. The molecule has 0 bridgehead atoms. The average molecular weight is 405 g/mol. The molecule has 0 aromatic carbocycles. The van der Waals surface area contributed by atoms with Crippen molar-refractivity contribution >= 4 is 63.2 Å². The Balaban J connectivity index is 4.33. The van der Waals surface area contributed by atoms with E-state index in [4.69, 9.17) is 33.9 Å². The lowest BCUT2D eigenvalue weighted by molar-refractivity contribution is -0.107. The van der Waals surface area contributed by atoms with Gasteiger partial charge in [0.2, 0.25) is 5.12 Å². The van der Waals surface area contributed by atoms with Gasteiger partial charge in [0.05, 0.1) is 0 Å². The molecule has 0 aliphatic heterocycles. The summed E-state index contributed by atoms with van der Waals surface area (Å²) in [6.45, 7) is 16.8. The molecule has 134 valence electrons. The van der Waals surface area contributed by atoms with Crippen molar-refractivity contribution in [3.05, 3.63) is 36.5 Å². The molecule has 3 nitrogen and oxygen atoms in total. The van der Waals surface area contributed by atoms with Gasteiger partial charge in [-0.25, -0.2) is 0 Å². The summed E-state index contributed by atoms with van der Waals surface area (Å²) in [5, 5.41) is 0.775. The molecule has 0 amide bonds. The van der Waals surface area contributed by atoms with Crippen LogP contribution in [0, 0.1) is 0 Å². The Labute approximate surface area is 164 Å². The molecule has 0 saturated heterocycles. The van der Waals surface area contributed by atoms with Crippen LogP contribution in [0.1, 0.15) is 20.8 Å². The zero-order valence-corrected chi connectivity index (χ0v) is 17.7. The minimum absolute atomic E-state index is 0.0296. The van der Waals surface area contributed by atoms with Crippen molar-refractivity contribution in [1.29, 1.82) is 0 Å². The van der Waals surface area contributed by atoms with Crippen molar-refractivity contribution in [3.8, 4) is 0 Å². The Morgan fingerprint density at radius 2 is 1.58 bits per heavy atom. The molecule has 7 heteroatoms. The van der Waals surface area contributed by atoms with Crippen LogP contribution in [-0.2, 0) is 14.3 Å². The van der Waals surface area contributed by atoms with E-state index in [1.807, 2.05) is 0 Å². The van der Waals surface area contributed by atoms with Crippen molar-refractivity contribution in [3.63, 3.8) is 0 Å². The first kappa shape index (κ1) is 23.4. The van der Waals surface area contributed by atoms with E-state index in [0.29, 0.717) is 39.2 Å². The second kappa shape index (κ2) is 12.7. The highest BCUT2D eigenvalue weighted by atomic mass is 32.2. The molecule has 0 aromatic rings. The molecule has 0 saturated carbocycles. The summed E-state index contributed by atoms with van der Waals surface area (Å²) >= 11 is 13.2. The predicted molar refractivity (Wildman–Crippen MR) is 115 cm³/mol. The lowest BCUT2D eigenvalue weighted by atomic mass is 10.3. The average Bonchev–Trinajstić information content (AvgIpc) is 2.50. The van der Waals surface area contributed by atoms with E-state index in [-0.39, 0.29) is 11.2 Å². The van der Waals surface area contributed by atoms with Gasteiger partial charge in [-0.15, -0.1) is 0 Å². The van der Waals surface area contributed by atoms with Gasteiger partial charge in [0.15, 0.2) is 10.1 Å². The number of rotatable bonds is 11. The molecule has 0 radical (unpaired) electrons. The molecule has 0 aliphatic carbocycles. The van der Waals surface area contributed by atoms with Crippen LogP contribution in [-0.4, -0.2) is 45.2 Å². The van der Waals surface area contributed by atoms with Crippen LogP contribution in [0.25, 0.3) is 0 Å². The fourth-order valence-electron chi connectivity index (χ4n) is 1.19. The molecule has 1 unspecified atom stereocenters. The zero-order chi connectivity index (χ0) is 18.7. The number of hydrogen-bond acceptors (Lipinski definition) is 7. The van der Waals surface area contributed by atoms with Gasteiger partial charge >= 0.3 is 0 Å². The van der Waals surface area contributed by atoms with E-state index in [9.17, 15) is 4.79 Å². The second-order valence-corrected chi connectivity index (χ2v) is 8.14. The second-order valence-electron chi connectivity index (χ2n) is 5.18. The smallest absolute Gasteiger partial charge is 0.214 e. The van der Waals surface area contributed by atoms with E-state index < -0.39 is 0 Å². The number of carbonyl (C=O) groups excluding carboxylic acids is 1. The third-order valence-corrected chi connectivity index (χ3v) is 5.77. The first-order valence-electron chi connectivity index (χ1n) is 7.24. The summed E-state index contributed by atoms with van der Waals surface area (Å²) in [5.74, 6) is 2.21. The zero-order valence-electron chi connectivity index (χ0n) is 14.4. The van der Waals surface area contributed by atoms with Gasteiger partial charge in [0, 0.05) is 17.3 Å². The Hall–Kier alpha value is -0.630. The van der Waals surface area contributed by atoms with Crippen molar-refractivity contribution in [2.75, 3.05) is 23.9 Å². The minimum atomic E-state index is -0.238. The van der Waals surface area contributed by atoms with Gasteiger partial charge in [-0.3, -0.25) is 4.79 Å². The monoisotopic (exact) mass is 404 g/mol. The van der Waals surface area contributed by atoms with Gasteiger partial charge in [-0.05, 0) is 61.9 Å². The van der Waals surface area contributed by atoms with Gasteiger partial charge in [-0.1, -0.05) is 31.5 Å². The summed E-state index contributed by atoms with van der Waals surface area (Å²) in [5.41, 5.74) is 1.97. The van der Waals surface area contributed by atoms with E-state index in [0.717, 1.165) is 11.5 Å². The highest BCUT2D eigenvalue weighted by Crippen LogP contribution is 2.15. The minimum Gasteiger partial charge on any atom is -0.479 e. The van der Waals surface area contributed by atoms with Crippen LogP contribution in [0.15, 0.2) is 36.5 Å². The molecule has 0 heterocycles. The molecule has 0 aromatic heterocycles. The van der Waals surface area contributed by atoms with Crippen LogP contribution in [0.5, 0.6) is 0 Å². The summed E-state index contributed by atoms with van der Waals surface area (Å²) in [4.78, 5) is 11.5. The van der Waals surface area contributed by atoms with Crippen molar-refractivity contribution < 1.29 is 14.3 Å². The van der Waals surface area contributed by atoms with E-state index >= 15 is 0 Å². The van der Waals surface area contributed by atoms with Crippen molar-refractivity contribution in [2.45, 2.75) is 26.9 Å². The molecule has 1 atom stereocenters. The molecule has 0 aliphatic rings. The maximum Gasteiger partial charge on any atom is 0.214 e. The number of thioether (sulfide) groups is 2. The number of carbonyl (C=O) groups is 1. The summed E-state index contributed by atoms with van der Waals surface area (Å²) in [7, 11) is 0. The Kier molecular flexibility index (Phi) is 12.4. The van der Waals surface area contributed by atoms with Gasteiger partial charge in [0.1, 0.15) is 12.7 Å². The summed E-state index contributed by atoms with van der Waals surface area (Å²) in [6.07, 6.45) is -0.238. The van der Waals surface area contributed by atoms with Crippen molar-refractivity contribution in [1.82, 2.24) is 0 Å². The highest BCUT2D eigenvalue weighted by Gasteiger charge is 2.15. The lowest BCUT2D eigenvalue weighted by Gasteiger charge is -2.20. The first-order valence-corrected chi connectivity index (χ1v) is 10.2. The predicted octanol–water partition coefficient (Wildman–Crippen LogP) is 4.76. The van der Waals surface area contributed by atoms with Crippen LogP contribution in [0.2, 0.25) is 0 Å². The topological polar surface area (TPSA) is 35.5 Å². The summed E-state index contributed by atoms with van der Waals surface area (Å²) < 4.78 is 11.2. The SMILES string of the molecule is C=C(C)C(=O)SCCSCC(COC(=S)C(=C)C)OC(=S)C(=C)C. The molecule has 0 fully saturated rings. The quantitative estimate of drug-likeness (QED) is 0.279. The number of ether oxygens (including phenoxy) is 2. The van der Waals surface area contributed by atoms with Crippen LogP contribution in [0.4, 0.5) is 0 Å². The number of hydrogen-bond donors (Lipinski definition) is 0. The third kappa shape index (κ3) is 11.0. The fourth-order valence-corrected chi connectivity index (χ4v) is 3.23. The maximum atomic E-state index is 11.5. The van der Waals surface area contributed by atoms with E-state index in [1.165, 1.54) is 11.8 Å². The van der Waals surface area contributed by atoms with Crippen LogP contribution < -0.4 is 0 Å². The molecular formula is C17H24O3S4. The van der Waals surface area contributed by atoms with Gasteiger partial charge in [0.25, 0.3) is 0 Å². The van der Waals surface area contributed by atoms with Gasteiger partial charge < -0.3 is 9.47 Å². The lowest BCUT2D eigenvalue weighted by Crippen LogP contribution is -2.27. The van der Waals surface area contributed by atoms with Gasteiger partial charge in [-0.2, -0.15) is 11.8 Å². The van der Waals surface area contributed by atoms with Crippen LogP contribution in [0.3, 0.4) is 0 Å². The molecular weight excluding hydrogens is 380 g/mol. The van der Waals surface area contributed by atoms with Crippen molar-refractivity contribution in [2.24, 2.45) is 0 Å². The largest absolute Gasteiger partial charge is 0.479 e. The Morgan fingerprint density at radius 3 is 2.08 bits per heavy atom. The van der Waals surface area contributed by atoms with E-state index in [2.05, 4.69) is 19.7 Å². The summed E-state index contributed by atoms with van der Waals surface area (Å²) in [6, 6.07) is 0. The van der Waals surface area contributed by atoms with E-state index in [1.54, 1.807) is 32.5 Å². The maximum absolute atomic E-state index is 11.5. The Morgan fingerprint density at radius 1 is 1.00 bits per heavy atom. The highest BCUT2D eigenvalue weighted by molar-refractivity contribution is 8.14. The number of thiocarbonyl (C=S) groups is 2. The first-order chi connectivity index (χ1) is 11.1. The third-order valence-electron chi connectivity index (χ3n) is 2.48. The standard InChI is InChI=1S/C17H24O3S4/c1-11(2)15(18)24-8-7-23-10-14(20-17(22)13(5)6)9-19-16(21)12(3)4/h14H,1,3,5,7-10H2,2,4,6H3. The Bertz CT molecular complexity index is 526. The normalized spacial score (nSPS) is 11.3. The van der Waals surface area contributed by atoms with Crippen LogP contribution >= 0.6 is 48.0 Å². The molecule has 0 rings (SSSR count). The molecule has 0 N–H and O–H groups in total.